The molecule has 0 fully saturated rings. The van der Waals surface area contributed by atoms with Crippen molar-refractivity contribution in [1.29, 1.82) is 0 Å². The van der Waals surface area contributed by atoms with Crippen molar-refractivity contribution >= 4 is 34.7 Å². The standard InChI is InChI=1S/C21H18N2O6/c1-28-20(26)13-6-8-14(9-7-13)23-18(24)10-11-22-12-16-19(25)15-4-2-3-5-17(15)29-21(16)27/h2-9,12,25H,10-11H2,1H3,(H,23,24). The van der Waals surface area contributed by atoms with Gasteiger partial charge in [0.2, 0.25) is 5.91 Å². The summed E-state index contributed by atoms with van der Waals surface area (Å²) in [6, 6.07) is 12.9. The quantitative estimate of drug-likeness (QED) is 0.377. The number of hydrogen-bond donors (Lipinski definition) is 2. The van der Waals surface area contributed by atoms with E-state index in [9.17, 15) is 19.5 Å². The third-order valence-electron chi connectivity index (χ3n) is 4.10. The minimum absolute atomic E-state index is 0.0644. The van der Waals surface area contributed by atoms with Gasteiger partial charge in [0.05, 0.1) is 18.1 Å². The molecule has 1 aromatic heterocycles. The molecule has 0 atom stereocenters. The number of carbonyl (C=O) groups excluding carboxylic acids is 2. The van der Waals surface area contributed by atoms with Gasteiger partial charge in [-0.2, -0.15) is 0 Å². The molecule has 2 aromatic carbocycles. The number of ether oxygens (including phenoxy) is 1. The topological polar surface area (TPSA) is 118 Å². The Hall–Kier alpha value is -3.94. The summed E-state index contributed by atoms with van der Waals surface area (Å²) in [6.45, 7) is 0.109. The first kappa shape index (κ1) is 19.8. The lowest BCUT2D eigenvalue weighted by molar-refractivity contribution is -0.116. The van der Waals surface area contributed by atoms with Crippen LogP contribution in [0.4, 0.5) is 5.69 Å². The van der Waals surface area contributed by atoms with Gasteiger partial charge in [-0.1, -0.05) is 12.1 Å². The number of nitrogens with zero attached hydrogens (tertiary/aromatic N) is 1. The summed E-state index contributed by atoms with van der Waals surface area (Å²) in [5.74, 6) is -0.961. The SMILES string of the molecule is COC(=O)c1ccc(NC(=O)CCN=Cc2c(O)c3ccccc3oc2=O)cc1. The number of para-hydroxylation sites is 1. The second-order valence-corrected chi connectivity index (χ2v) is 6.05. The van der Waals surface area contributed by atoms with Gasteiger partial charge in [0.15, 0.2) is 0 Å². The molecule has 8 nitrogen and oxygen atoms in total. The molecule has 0 aliphatic rings. The summed E-state index contributed by atoms with van der Waals surface area (Å²) in [6.07, 6.45) is 1.26. The summed E-state index contributed by atoms with van der Waals surface area (Å²) in [4.78, 5) is 39.4. The molecule has 0 saturated heterocycles. The van der Waals surface area contributed by atoms with E-state index < -0.39 is 11.6 Å². The summed E-state index contributed by atoms with van der Waals surface area (Å²) in [5, 5.41) is 13.3. The lowest BCUT2D eigenvalue weighted by Crippen LogP contribution is -2.13. The molecule has 0 aliphatic heterocycles. The Kier molecular flexibility index (Phi) is 6.03. The predicted molar refractivity (Wildman–Crippen MR) is 108 cm³/mol. The average Bonchev–Trinajstić information content (AvgIpc) is 2.73. The number of amides is 1. The lowest BCUT2D eigenvalue weighted by atomic mass is 10.1. The van der Waals surface area contributed by atoms with E-state index in [0.29, 0.717) is 16.6 Å². The second kappa shape index (κ2) is 8.83. The average molecular weight is 394 g/mol. The van der Waals surface area contributed by atoms with Gasteiger partial charge in [-0.05, 0) is 36.4 Å². The van der Waals surface area contributed by atoms with Crippen LogP contribution in [0, 0.1) is 0 Å². The van der Waals surface area contributed by atoms with Crippen LogP contribution < -0.4 is 10.9 Å². The van der Waals surface area contributed by atoms with E-state index >= 15 is 0 Å². The zero-order valence-corrected chi connectivity index (χ0v) is 15.5. The first-order valence-corrected chi connectivity index (χ1v) is 8.72. The third kappa shape index (κ3) is 4.67. The summed E-state index contributed by atoms with van der Waals surface area (Å²) < 4.78 is 9.76. The minimum atomic E-state index is -0.708. The van der Waals surface area contributed by atoms with Crippen LogP contribution in [0.5, 0.6) is 5.75 Å². The first-order chi connectivity index (χ1) is 14.0. The van der Waals surface area contributed by atoms with Crippen LogP contribution in [0.1, 0.15) is 22.3 Å². The number of fused-ring (bicyclic) bond motifs is 1. The molecule has 0 bridgehead atoms. The number of benzene rings is 2. The Bertz CT molecular complexity index is 1130. The van der Waals surface area contributed by atoms with Crippen molar-refractivity contribution in [3.63, 3.8) is 0 Å². The summed E-state index contributed by atoms with van der Waals surface area (Å²) >= 11 is 0. The number of aliphatic imine (C=N–C) groups is 1. The van der Waals surface area contributed by atoms with Gasteiger partial charge in [0, 0.05) is 24.9 Å². The van der Waals surface area contributed by atoms with Crippen LogP contribution in [-0.2, 0) is 9.53 Å². The second-order valence-electron chi connectivity index (χ2n) is 6.05. The largest absolute Gasteiger partial charge is 0.506 e. The molecule has 1 heterocycles. The van der Waals surface area contributed by atoms with E-state index in [4.69, 9.17) is 4.42 Å². The van der Waals surface area contributed by atoms with E-state index in [0.717, 1.165) is 0 Å². The molecule has 0 unspecified atom stereocenters. The number of hydrogen-bond acceptors (Lipinski definition) is 7. The molecule has 0 saturated carbocycles. The van der Waals surface area contributed by atoms with E-state index in [2.05, 4.69) is 15.0 Å². The zero-order chi connectivity index (χ0) is 20.8. The maximum absolute atomic E-state index is 12.0. The van der Waals surface area contributed by atoms with E-state index in [-0.39, 0.29) is 35.8 Å². The van der Waals surface area contributed by atoms with Crippen LogP contribution in [0.2, 0.25) is 0 Å². The van der Waals surface area contributed by atoms with Crippen LogP contribution in [0.15, 0.2) is 62.7 Å². The molecule has 1 amide bonds. The fraction of sp³-hybridized carbons (Fsp3) is 0.143. The summed E-state index contributed by atoms with van der Waals surface area (Å²) in [7, 11) is 1.29. The molecule has 148 valence electrons. The van der Waals surface area contributed by atoms with Crippen molar-refractivity contribution in [2.24, 2.45) is 4.99 Å². The fourth-order valence-corrected chi connectivity index (χ4v) is 2.61. The van der Waals surface area contributed by atoms with Gasteiger partial charge in [-0.15, -0.1) is 0 Å². The van der Waals surface area contributed by atoms with Gasteiger partial charge in [0.1, 0.15) is 16.9 Å². The molecule has 29 heavy (non-hydrogen) atoms. The highest BCUT2D eigenvalue weighted by atomic mass is 16.5. The fourth-order valence-electron chi connectivity index (χ4n) is 2.61. The van der Waals surface area contributed by atoms with Gasteiger partial charge >= 0.3 is 11.6 Å². The summed E-state index contributed by atoms with van der Waals surface area (Å²) in [5.41, 5.74) is 0.413. The van der Waals surface area contributed by atoms with Crippen molar-refractivity contribution < 1.29 is 23.8 Å². The third-order valence-corrected chi connectivity index (χ3v) is 4.10. The molecule has 3 aromatic rings. The van der Waals surface area contributed by atoms with Gasteiger partial charge in [0.25, 0.3) is 0 Å². The molecule has 3 rings (SSSR count). The number of nitrogens with one attached hydrogen (secondary N) is 1. The molecule has 0 aliphatic carbocycles. The van der Waals surface area contributed by atoms with Crippen molar-refractivity contribution in [3.8, 4) is 5.75 Å². The Morgan fingerprint density at radius 2 is 1.90 bits per heavy atom. The van der Waals surface area contributed by atoms with E-state index in [1.54, 1.807) is 48.5 Å². The zero-order valence-electron chi connectivity index (χ0n) is 15.5. The minimum Gasteiger partial charge on any atom is -0.506 e. The van der Waals surface area contributed by atoms with Crippen molar-refractivity contribution in [3.05, 3.63) is 70.1 Å². The van der Waals surface area contributed by atoms with Gasteiger partial charge in [-0.25, -0.2) is 9.59 Å². The predicted octanol–water partition coefficient (Wildman–Crippen LogP) is 2.73. The Morgan fingerprint density at radius 3 is 2.62 bits per heavy atom. The van der Waals surface area contributed by atoms with Crippen LogP contribution in [0.3, 0.4) is 0 Å². The molecular weight excluding hydrogens is 376 g/mol. The lowest BCUT2D eigenvalue weighted by Gasteiger charge is -2.05. The van der Waals surface area contributed by atoms with Crippen LogP contribution in [0.25, 0.3) is 11.0 Å². The Morgan fingerprint density at radius 1 is 1.17 bits per heavy atom. The molecule has 2 N–H and O–H groups in total. The number of methoxy groups -OCH3 is 1. The molecule has 0 spiro atoms. The number of esters is 1. The van der Waals surface area contributed by atoms with Crippen molar-refractivity contribution in [2.75, 3.05) is 19.0 Å². The Balaban J connectivity index is 1.59. The Labute approximate surface area is 165 Å². The maximum Gasteiger partial charge on any atom is 0.348 e. The highest BCUT2D eigenvalue weighted by molar-refractivity contribution is 5.94. The number of aromatic hydroxyl groups is 1. The van der Waals surface area contributed by atoms with Crippen molar-refractivity contribution in [2.45, 2.75) is 6.42 Å². The maximum atomic E-state index is 12.0. The van der Waals surface area contributed by atoms with Crippen LogP contribution in [-0.4, -0.2) is 36.9 Å². The van der Waals surface area contributed by atoms with Crippen LogP contribution >= 0.6 is 0 Å². The van der Waals surface area contributed by atoms with E-state index in [1.807, 2.05) is 0 Å². The number of anilines is 1. The smallest absolute Gasteiger partial charge is 0.348 e. The number of rotatable bonds is 6. The normalized spacial score (nSPS) is 10.9. The highest BCUT2D eigenvalue weighted by Crippen LogP contribution is 2.24. The van der Waals surface area contributed by atoms with Gasteiger partial charge < -0.3 is 19.6 Å². The first-order valence-electron chi connectivity index (χ1n) is 8.72. The highest BCUT2D eigenvalue weighted by Gasteiger charge is 2.11. The number of carbonyl (C=O) groups is 2. The van der Waals surface area contributed by atoms with E-state index in [1.165, 1.54) is 13.3 Å². The molecule has 8 heteroatoms. The monoisotopic (exact) mass is 394 g/mol. The molecule has 0 radical (unpaired) electrons. The molecular formula is C21H18N2O6. The van der Waals surface area contributed by atoms with Crippen molar-refractivity contribution in [1.82, 2.24) is 0 Å². The van der Waals surface area contributed by atoms with Gasteiger partial charge in [-0.3, -0.25) is 9.79 Å².